The number of amides is 1. The van der Waals surface area contributed by atoms with E-state index >= 15 is 0 Å². The molecule has 96 valence electrons. The van der Waals surface area contributed by atoms with Crippen LogP contribution in [-0.2, 0) is 4.79 Å². The zero-order valence-corrected chi connectivity index (χ0v) is 11.4. The molecule has 4 nitrogen and oxygen atoms in total. The third-order valence-corrected chi connectivity index (χ3v) is 3.70. The van der Waals surface area contributed by atoms with E-state index in [4.69, 9.17) is 17.3 Å². The number of hydrogen-bond acceptors (Lipinski definition) is 4. The fraction of sp³-hybridized carbons (Fsp3) is 0.333. The van der Waals surface area contributed by atoms with Gasteiger partial charge in [-0.25, -0.2) is 4.98 Å². The molecule has 0 aliphatic heterocycles. The Balaban J connectivity index is 1.86. The molecule has 0 spiro atoms. The lowest BCUT2D eigenvalue weighted by atomic mass is 10.2. The zero-order chi connectivity index (χ0) is 13.0. The Hall–Kier alpha value is -1.33. The van der Waals surface area contributed by atoms with E-state index in [-0.39, 0.29) is 5.91 Å². The Kier molecular flexibility index (Phi) is 4.38. The lowest BCUT2D eigenvalue weighted by Gasteiger charge is -2.00. The molecule has 2 aromatic rings. The number of hydrogen-bond donors (Lipinski definition) is 2. The number of anilines is 1. The predicted molar refractivity (Wildman–Crippen MR) is 76.2 cm³/mol. The summed E-state index contributed by atoms with van der Waals surface area (Å²) in [5, 5.41) is 4.82. The van der Waals surface area contributed by atoms with E-state index in [1.807, 2.05) is 18.2 Å². The van der Waals surface area contributed by atoms with Crippen molar-refractivity contribution in [2.24, 2.45) is 5.73 Å². The van der Waals surface area contributed by atoms with Crippen LogP contribution in [0.5, 0.6) is 0 Å². The minimum absolute atomic E-state index is 0.246. The summed E-state index contributed by atoms with van der Waals surface area (Å²) in [4.78, 5) is 15.0. The largest absolute Gasteiger partial charge is 0.370 e. The van der Waals surface area contributed by atoms with E-state index in [1.54, 1.807) is 11.3 Å². The summed E-state index contributed by atoms with van der Waals surface area (Å²) < 4.78 is 1.11. The maximum Gasteiger partial charge on any atom is 0.217 e. The molecule has 0 unspecified atom stereocenters. The van der Waals surface area contributed by atoms with Crippen molar-refractivity contribution in [3.05, 3.63) is 23.2 Å². The first-order valence-electron chi connectivity index (χ1n) is 5.73. The predicted octanol–water partition coefficient (Wildman–Crippen LogP) is 3.02. The topological polar surface area (TPSA) is 68.0 Å². The van der Waals surface area contributed by atoms with Gasteiger partial charge in [-0.15, -0.1) is 0 Å². The molecule has 0 radical (unpaired) electrons. The minimum Gasteiger partial charge on any atom is -0.370 e. The summed E-state index contributed by atoms with van der Waals surface area (Å²) in [7, 11) is 0. The number of halogens is 1. The zero-order valence-electron chi connectivity index (χ0n) is 9.78. The number of thiazole rings is 1. The first kappa shape index (κ1) is 13.1. The number of aromatic nitrogens is 1. The molecule has 0 fully saturated rings. The highest BCUT2D eigenvalue weighted by molar-refractivity contribution is 7.22. The second-order valence-electron chi connectivity index (χ2n) is 3.98. The third-order valence-electron chi connectivity index (χ3n) is 2.48. The van der Waals surface area contributed by atoms with Gasteiger partial charge in [-0.2, -0.15) is 0 Å². The average molecular weight is 284 g/mol. The summed E-state index contributed by atoms with van der Waals surface area (Å²) in [5.74, 6) is -0.246. The Bertz CT molecular complexity index is 555. The van der Waals surface area contributed by atoms with Crippen LogP contribution in [-0.4, -0.2) is 17.4 Å². The Labute approximate surface area is 114 Å². The molecular weight excluding hydrogens is 270 g/mol. The summed E-state index contributed by atoms with van der Waals surface area (Å²) >= 11 is 7.50. The highest BCUT2D eigenvalue weighted by atomic mass is 35.5. The van der Waals surface area contributed by atoms with E-state index in [1.165, 1.54) is 0 Å². The van der Waals surface area contributed by atoms with Crippen molar-refractivity contribution in [1.29, 1.82) is 0 Å². The van der Waals surface area contributed by atoms with Crippen LogP contribution in [0.25, 0.3) is 10.2 Å². The van der Waals surface area contributed by atoms with Crippen molar-refractivity contribution in [3.8, 4) is 0 Å². The number of fused-ring (bicyclic) bond motifs is 1. The van der Waals surface area contributed by atoms with Gasteiger partial charge in [0.2, 0.25) is 5.91 Å². The molecule has 1 aromatic heterocycles. The third kappa shape index (κ3) is 3.58. The van der Waals surface area contributed by atoms with Crippen LogP contribution < -0.4 is 11.1 Å². The summed E-state index contributed by atoms with van der Waals surface area (Å²) in [6.45, 7) is 0.792. The molecule has 0 atom stereocenters. The molecule has 3 N–H and O–H groups in total. The van der Waals surface area contributed by atoms with Crippen molar-refractivity contribution in [2.75, 3.05) is 11.9 Å². The normalized spacial score (nSPS) is 10.7. The molecule has 1 aromatic carbocycles. The molecule has 0 aliphatic carbocycles. The Morgan fingerprint density at radius 1 is 1.44 bits per heavy atom. The fourth-order valence-electron chi connectivity index (χ4n) is 1.60. The van der Waals surface area contributed by atoms with Gasteiger partial charge in [0.15, 0.2) is 5.13 Å². The van der Waals surface area contributed by atoms with Crippen LogP contribution in [0.3, 0.4) is 0 Å². The maximum atomic E-state index is 10.6. The molecule has 2 rings (SSSR count). The number of carbonyl (C=O) groups excluding carboxylic acids is 1. The smallest absolute Gasteiger partial charge is 0.217 e. The van der Waals surface area contributed by atoms with Crippen LogP contribution >= 0.6 is 22.9 Å². The summed E-state index contributed by atoms with van der Waals surface area (Å²) in [6.07, 6.45) is 2.15. The van der Waals surface area contributed by atoms with E-state index in [0.29, 0.717) is 11.4 Å². The standard InChI is InChI=1S/C12H14ClN3OS/c13-8-4-5-10-9(7-8)16-12(18-10)15-6-2-1-3-11(14)17/h4-5,7H,1-3,6H2,(H2,14,17)(H,15,16). The highest BCUT2D eigenvalue weighted by Crippen LogP contribution is 2.27. The van der Waals surface area contributed by atoms with E-state index in [2.05, 4.69) is 10.3 Å². The van der Waals surface area contributed by atoms with Crippen LogP contribution in [0.1, 0.15) is 19.3 Å². The van der Waals surface area contributed by atoms with Gasteiger partial charge in [-0.3, -0.25) is 4.79 Å². The van der Waals surface area contributed by atoms with Gasteiger partial charge in [-0.05, 0) is 31.0 Å². The van der Waals surface area contributed by atoms with Crippen molar-refractivity contribution in [1.82, 2.24) is 4.98 Å². The Morgan fingerprint density at radius 3 is 3.06 bits per heavy atom. The first-order chi connectivity index (χ1) is 8.65. The van der Waals surface area contributed by atoms with Gasteiger partial charge < -0.3 is 11.1 Å². The average Bonchev–Trinajstić information content (AvgIpc) is 2.70. The number of unbranched alkanes of at least 4 members (excludes halogenated alkanes) is 1. The SMILES string of the molecule is NC(=O)CCCCNc1nc2cc(Cl)ccc2s1. The molecule has 1 amide bonds. The van der Waals surface area contributed by atoms with Gasteiger partial charge in [-0.1, -0.05) is 22.9 Å². The number of nitrogens with two attached hydrogens (primary N) is 1. The number of primary amides is 1. The second-order valence-corrected chi connectivity index (χ2v) is 5.45. The van der Waals surface area contributed by atoms with Gasteiger partial charge in [0.1, 0.15) is 0 Å². The van der Waals surface area contributed by atoms with Crippen LogP contribution in [0.15, 0.2) is 18.2 Å². The van der Waals surface area contributed by atoms with E-state index in [0.717, 1.165) is 34.7 Å². The number of carbonyl (C=O) groups is 1. The van der Waals surface area contributed by atoms with Crippen molar-refractivity contribution in [2.45, 2.75) is 19.3 Å². The number of benzene rings is 1. The van der Waals surface area contributed by atoms with Gasteiger partial charge in [0.25, 0.3) is 0 Å². The van der Waals surface area contributed by atoms with E-state index < -0.39 is 0 Å². The number of rotatable bonds is 6. The van der Waals surface area contributed by atoms with Crippen LogP contribution in [0.2, 0.25) is 5.02 Å². The number of nitrogens with one attached hydrogen (secondary N) is 1. The fourth-order valence-corrected chi connectivity index (χ4v) is 2.63. The molecule has 1 heterocycles. The molecular formula is C12H14ClN3OS. The monoisotopic (exact) mass is 283 g/mol. The molecule has 18 heavy (non-hydrogen) atoms. The quantitative estimate of drug-likeness (QED) is 0.801. The van der Waals surface area contributed by atoms with Crippen molar-refractivity contribution < 1.29 is 4.79 Å². The van der Waals surface area contributed by atoms with Crippen LogP contribution in [0.4, 0.5) is 5.13 Å². The minimum atomic E-state index is -0.246. The Morgan fingerprint density at radius 2 is 2.28 bits per heavy atom. The van der Waals surface area contributed by atoms with Gasteiger partial charge >= 0.3 is 0 Å². The molecule has 0 saturated carbocycles. The highest BCUT2D eigenvalue weighted by Gasteiger charge is 2.03. The molecule has 6 heteroatoms. The lowest BCUT2D eigenvalue weighted by Crippen LogP contribution is -2.10. The molecule has 0 aliphatic rings. The first-order valence-corrected chi connectivity index (χ1v) is 6.93. The maximum absolute atomic E-state index is 10.6. The summed E-state index contributed by atoms with van der Waals surface area (Å²) in [6, 6.07) is 5.68. The van der Waals surface area contributed by atoms with Crippen molar-refractivity contribution >= 4 is 44.2 Å². The molecule has 0 saturated heterocycles. The van der Waals surface area contributed by atoms with Gasteiger partial charge in [0, 0.05) is 18.0 Å². The van der Waals surface area contributed by atoms with Crippen LogP contribution in [0, 0.1) is 0 Å². The second kappa shape index (κ2) is 6.02. The molecule has 0 bridgehead atoms. The summed E-state index contributed by atoms with van der Waals surface area (Å²) in [5.41, 5.74) is 5.98. The van der Waals surface area contributed by atoms with Gasteiger partial charge in [0.05, 0.1) is 10.2 Å². The van der Waals surface area contributed by atoms with E-state index in [9.17, 15) is 4.79 Å². The van der Waals surface area contributed by atoms with Crippen molar-refractivity contribution in [3.63, 3.8) is 0 Å². The lowest BCUT2D eigenvalue weighted by molar-refractivity contribution is -0.118. The number of nitrogens with zero attached hydrogens (tertiary/aromatic N) is 1.